The van der Waals surface area contributed by atoms with Crippen molar-refractivity contribution in [3.05, 3.63) is 118 Å². The van der Waals surface area contributed by atoms with Crippen LogP contribution in [0.4, 0.5) is 0 Å². The molecule has 0 unspecified atom stereocenters. The second-order valence-electron chi connectivity index (χ2n) is 9.73. The molecule has 0 spiro atoms. The summed E-state index contributed by atoms with van der Waals surface area (Å²) in [5.41, 5.74) is 4.91. The Hall–Kier alpha value is -4.17. The predicted molar refractivity (Wildman–Crippen MR) is 148 cm³/mol. The van der Waals surface area contributed by atoms with Crippen molar-refractivity contribution in [3.8, 4) is 0 Å². The lowest BCUT2D eigenvalue weighted by atomic mass is 10.0. The van der Waals surface area contributed by atoms with E-state index in [1.54, 1.807) is 6.20 Å². The monoisotopic (exact) mass is 507 g/mol. The van der Waals surface area contributed by atoms with E-state index in [-0.39, 0.29) is 11.6 Å². The molecule has 0 aliphatic carbocycles. The van der Waals surface area contributed by atoms with Crippen LogP contribution in [0.3, 0.4) is 0 Å². The van der Waals surface area contributed by atoms with Crippen LogP contribution in [0.1, 0.15) is 53.9 Å². The first kappa shape index (κ1) is 25.5. The molecule has 0 amide bonds. The highest BCUT2D eigenvalue weighted by atomic mass is 16.1. The summed E-state index contributed by atoms with van der Waals surface area (Å²) >= 11 is 0. The zero-order valence-electron chi connectivity index (χ0n) is 21.9. The summed E-state index contributed by atoms with van der Waals surface area (Å²) < 4.78 is 1.91. The van der Waals surface area contributed by atoms with Gasteiger partial charge in [0.05, 0.1) is 11.6 Å². The van der Waals surface area contributed by atoms with Crippen LogP contribution in [0.5, 0.6) is 0 Å². The van der Waals surface area contributed by atoms with E-state index in [9.17, 15) is 4.79 Å². The van der Waals surface area contributed by atoms with Crippen molar-refractivity contribution in [1.29, 1.82) is 0 Å². The summed E-state index contributed by atoms with van der Waals surface area (Å²) in [4.78, 5) is 23.0. The van der Waals surface area contributed by atoms with Gasteiger partial charge < -0.3 is 4.98 Å². The third kappa shape index (κ3) is 5.86. The highest BCUT2D eigenvalue weighted by Gasteiger charge is 2.27. The van der Waals surface area contributed by atoms with E-state index in [2.05, 4.69) is 55.5 Å². The number of nitrogens with zero attached hydrogens (tertiary/aromatic N) is 6. The fraction of sp³-hybridized carbons (Fsp3) is 0.300. The molecular weight excluding hydrogens is 474 g/mol. The molecule has 194 valence electrons. The van der Waals surface area contributed by atoms with Gasteiger partial charge in [0, 0.05) is 37.6 Å². The Morgan fingerprint density at radius 2 is 1.84 bits per heavy atom. The van der Waals surface area contributed by atoms with E-state index in [1.807, 2.05) is 66.3 Å². The second-order valence-corrected chi connectivity index (χ2v) is 9.73. The van der Waals surface area contributed by atoms with Crippen molar-refractivity contribution in [1.82, 2.24) is 35.1 Å². The van der Waals surface area contributed by atoms with Crippen molar-refractivity contribution in [3.63, 3.8) is 0 Å². The predicted octanol–water partition coefficient (Wildman–Crippen LogP) is 5.00. The third-order valence-electron chi connectivity index (χ3n) is 6.96. The van der Waals surface area contributed by atoms with Gasteiger partial charge in [-0.05, 0) is 64.4 Å². The van der Waals surface area contributed by atoms with Crippen LogP contribution in [0, 0.1) is 6.92 Å². The number of benzene rings is 2. The number of tetrazole rings is 1. The van der Waals surface area contributed by atoms with Gasteiger partial charge in [0.15, 0.2) is 5.82 Å². The Morgan fingerprint density at radius 1 is 1.00 bits per heavy atom. The smallest absolute Gasteiger partial charge is 0.252 e. The van der Waals surface area contributed by atoms with Gasteiger partial charge >= 0.3 is 0 Å². The summed E-state index contributed by atoms with van der Waals surface area (Å²) in [5.74, 6) is 0.819. The average molecular weight is 508 g/mol. The molecule has 38 heavy (non-hydrogen) atoms. The van der Waals surface area contributed by atoms with Crippen LogP contribution in [-0.2, 0) is 26.1 Å². The van der Waals surface area contributed by atoms with Crippen molar-refractivity contribution in [2.24, 2.45) is 0 Å². The minimum absolute atomic E-state index is 0.0677. The number of aryl methyl sites for hydroxylation is 3. The maximum absolute atomic E-state index is 13.2. The highest BCUT2D eigenvalue weighted by Crippen LogP contribution is 2.28. The number of hydrogen-bond acceptors (Lipinski definition) is 6. The normalized spacial score (nSPS) is 12.3. The molecule has 3 heterocycles. The molecule has 3 aromatic heterocycles. The van der Waals surface area contributed by atoms with Gasteiger partial charge in [-0.15, -0.1) is 5.10 Å². The summed E-state index contributed by atoms with van der Waals surface area (Å²) in [6.45, 7) is 5.95. The maximum atomic E-state index is 13.2. The fourth-order valence-electron chi connectivity index (χ4n) is 5.00. The SMILES string of the molecule is CCC[C@@H](c1nnnn1CCc1ccccc1)N(Cc1cccnc1)Cc1cc2cccc(C)c2[nH]c1=O. The quantitative estimate of drug-likeness (QED) is 0.270. The number of para-hydroxylation sites is 1. The molecule has 1 N–H and O–H groups in total. The molecule has 0 bridgehead atoms. The molecule has 0 radical (unpaired) electrons. The van der Waals surface area contributed by atoms with E-state index in [0.29, 0.717) is 19.6 Å². The van der Waals surface area contributed by atoms with E-state index < -0.39 is 0 Å². The zero-order valence-corrected chi connectivity index (χ0v) is 21.9. The first-order valence-electron chi connectivity index (χ1n) is 13.2. The third-order valence-corrected chi connectivity index (χ3v) is 6.96. The van der Waals surface area contributed by atoms with Crippen LogP contribution < -0.4 is 5.56 Å². The number of hydrogen-bond donors (Lipinski definition) is 1. The molecule has 1 atom stereocenters. The summed E-state index contributed by atoms with van der Waals surface area (Å²) in [6, 6.07) is 22.4. The van der Waals surface area contributed by atoms with Gasteiger partial charge in [-0.3, -0.25) is 14.7 Å². The number of H-pyrrole nitrogens is 1. The molecule has 8 heteroatoms. The van der Waals surface area contributed by atoms with E-state index in [0.717, 1.165) is 52.7 Å². The molecule has 2 aromatic carbocycles. The average Bonchev–Trinajstić information content (AvgIpc) is 3.41. The Labute approximate surface area is 222 Å². The van der Waals surface area contributed by atoms with Crippen LogP contribution >= 0.6 is 0 Å². The highest BCUT2D eigenvalue weighted by molar-refractivity contribution is 5.81. The number of aromatic nitrogens is 6. The summed E-state index contributed by atoms with van der Waals surface area (Å²) in [5, 5.41) is 13.9. The molecule has 0 aliphatic rings. The second kappa shape index (κ2) is 11.9. The molecule has 0 aliphatic heterocycles. The maximum Gasteiger partial charge on any atom is 0.252 e. The van der Waals surface area contributed by atoms with E-state index >= 15 is 0 Å². The van der Waals surface area contributed by atoms with Gasteiger partial charge in [-0.1, -0.05) is 67.9 Å². The molecule has 5 aromatic rings. The molecular formula is C30H33N7O. The number of aromatic amines is 1. The number of pyridine rings is 2. The molecule has 5 rings (SSSR count). The van der Waals surface area contributed by atoms with Crippen LogP contribution in [0.25, 0.3) is 10.9 Å². The van der Waals surface area contributed by atoms with Gasteiger partial charge in [0.25, 0.3) is 5.56 Å². The summed E-state index contributed by atoms with van der Waals surface area (Å²) in [7, 11) is 0. The number of fused-ring (bicyclic) bond motifs is 1. The lowest BCUT2D eigenvalue weighted by Gasteiger charge is -2.31. The molecule has 0 fully saturated rings. The lowest BCUT2D eigenvalue weighted by molar-refractivity contribution is 0.155. The molecule has 0 saturated heterocycles. The minimum Gasteiger partial charge on any atom is -0.321 e. The van der Waals surface area contributed by atoms with E-state index in [4.69, 9.17) is 0 Å². The minimum atomic E-state index is -0.0708. The van der Waals surface area contributed by atoms with Crippen molar-refractivity contribution in [2.45, 2.75) is 58.8 Å². The first-order chi connectivity index (χ1) is 18.6. The number of nitrogens with one attached hydrogen (secondary N) is 1. The molecule has 0 saturated carbocycles. The van der Waals surface area contributed by atoms with Crippen LogP contribution in [0.15, 0.2) is 83.9 Å². The van der Waals surface area contributed by atoms with Crippen molar-refractivity contribution in [2.75, 3.05) is 0 Å². The topological polar surface area (TPSA) is 92.6 Å². The fourth-order valence-corrected chi connectivity index (χ4v) is 5.00. The standard InChI is InChI=1S/C30H33N7O/c1-3-9-27(29-33-34-35-37(29)17-15-23-11-5-4-6-12-23)36(20-24-13-8-16-31-19-24)21-26-18-25-14-7-10-22(2)28(25)32-30(26)38/h4-8,10-14,16,18-19,27H,3,9,15,17,20-21H2,1-2H3,(H,32,38)/t27-/m0/s1. The number of rotatable bonds is 11. The summed E-state index contributed by atoms with van der Waals surface area (Å²) in [6.07, 6.45) is 6.30. The van der Waals surface area contributed by atoms with Crippen LogP contribution in [-0.4, -0.2) is 35.1 Å². The zero-order chi connectivity index (χ0) is 26.3. The Morgan fingerprint density at radius 3 is 2.63 bits per heavy atom. The van der Waals surface area contributed by atoms with Gasteiger partial charge in [-0.25, -0.2) is 4.68 Å². The van der Waals surface area contributed by atoms with E-state index in [1.165, 1.54) is 5.56 Å². The van der Waals surface area contributed by atoms with Gasteiger partial charge in [0.1, 0.15) is 0 Å². The first-order valence-corrected chi connectivity index (χ1v) is 13.2. The molecule has 8 nitrogen and oxygen atoms in total. The van der Waals surface area contributed by atoms with Crippen molar-refractivity contribution >= 4 is 10.9 Å². The Bertz CT molecular complexity index is 1530. The van der Waals surface area contributed by atoms with Crippen LogP contribution in [0.2, 0.25) is 0 Å². The Balaban J connectivity index is 1.49. The van der Waals surface area contributed by atoms with Gasteiger partial charge in [0.2, 0.25) is 0 Å². The van der Waals surface area contributed by atoms with Gasteiger partial charge in [-0.2, -0.15) is 0 Å². The van der Waals surface area contributed by atoms with Crippen molar-refractivity contribution < 1.29 is 0 Å². The lowest BCUT2D eigenvalue weighted by Crippen LogP contribution is -2.33. The Kier molecular flexibility index (Phi) is 7.99. The largest absolute Gasteiger partial charge is 0.321 e.